The standard InChI is InChI=1S/C16H22N2O2/c1-11(2)16(19)18(4)10-13-9-15(17-20-13)14-8-6-5-7-12(14)3/h5-8,11,13H,9-10H2,1-4H3. The largest absolute Gasteiger partial charge is 0.390 e. The summed E-state index contributed by atoms with van der Waals surface area (Å²) < 4.78 is 0. The molecule has 2 rings (SSSR count). The second-order valence-electron chi connectivity index (χ2n) is 5.66. The van der Waals surface area contributed by atoms with E-state index in [1.807, 2.05) is 33.0 Å². The zero-order valence-corrected chi connectivity index (χ0v) is 12.6. The minimum atomic E-state index is -0.0442. The fourth-order valence-electron chi connectivity index (χ4n) is 2.42. The Morgan fingerprint density at radius 3 is 2.80 bits per heavy atom. The molecule has 0 aromatic heterocycles. The van der Waals surface area contributed by atoms with Gasteiger partial charge in [-0.2, -0.15) is 0 Å². The average molecular weight is 274 g/mol. The van der Waals surface area contributed by atoms with Gasteiger partial charge >= 0.3 is 0 Å². The molecule has 1 aliphatic rings. The van der Waals surface area contributed by atoms with E-state index < -0.39 is 0 Å². The fourth-order valence-corrected chi connectivity index (χ4v) is 2.42. The highest BCUT2D eigenvalue weighted by Crippen LogP contribution is 2.20. The molecule has 4 heteroatoms. The summed E-state index contributed by atoms with van der Waals surface area (Å²) in [6.45, 7) is 6.46. The van der Waals surface area contributed by atoms with E-state index in [-0.39, 0.29) is 17.9 Å². The van der Waals surface area contributed by atoms with Crippen LogP contribution in [-0.4, -0.2) is 36.2 Å². The minimum Gasteiger partial charge on any atom is -0.390 e. The lowest BCUT2D eigenvalue weighted by Gasteiger charge is -2.21. The number of nitrogens with zero attached hydrogens (tertiary/aromatic N) is 2. The van der Waals surface area contributed by atoms with Crippen molar-refractivity contribution in [1.82, 2.24) is 4.90 Å². The minimum absolute atomic E-state index is 0.0122. The van der Waals surface area contributed by atoms with Crippen molar-refractivity contribution in [2.45, 2.75) is 33.3 Å². The molecule has 4 nitrogen and oxygen atoms in total. The maximum atomic E-state index is 11.9. The molecule has 1 aromatic carbocycles. The Bertz CT molecular complexity index is 523. The van der Waals surface area contributed by atoms with Gasteiger partial charge in [-0.3, -0.25) is 4.79 Å². The topological polar surface area (TPSA) is 41.9 Å². The summed E-state index contributed by atoms with van der Waals surface area (Å²) in [4.78, 5) is 19.1. The quantitative estimate of drug-likeness (QED) is 0.847. The third-order valence-corrected chi connectivity index (χ3v) is 3.54. The molecule has 108 valence electrons. The second-order valence-corrected chi connectivity index (χ2v) is 5.66. The van der Waals surface area contributed by atoms with Crippen LogP contribution in [-0.2, 0) is 9.63 Å². The van der Waals surface area contributed by atoms with Crippen molar-refractivity contribution in [3.8, 4) is 0 Å². The highest BCUT2D eigenvalue weighted by Gasteiger charge is 2.26. The van der Waals surface area contributed by atoms with Crippen LogP contribution in [0.4, 0.5) is 0 Å². The number of hydrogen-bond acceptors (Lipinski definition) is 3. The summed E-state index contributed by atoms with van der Waals surface area (Å²) in [7, 11) is 1.82. The van der Waals surface area contributed by atoms with Crippen molar-refractivity contribution in [2.75, 3.05) is 13.6 Å². The molecule has 1 aliphatic heterocycles. The Morgan fingerprint density at radius 1 is 1.45 bits per heavy atom. The first-order valence-corrected chi connectivity index (χ1v) is 7.02. The van der Waals surface area contributed by atoms with Gasteiger partial charge in [0.15, 0.2) is 6.10 Å². The molecular formula is C16H22N2O2. The smallest absolute Gasteiger partial charge is 0.224 e. The van der Waals surface area contributed by atoms with Crippen LogP contribution in [0.15, 0.2) is 29.4 Å². The number of aryl methyl sites for hydroxylation is 1. The Balaban J connectivity index is 1.96. The van der Waals surface area contributed by atoms with Gasteiger partial charge in [-0.15, -0.1) is 0 Å². The van der Waals surface area contributed by atoms with E-state index in [1.165, 1.54) is 5.56 Å². The van der Waals surface area contributed by atoms with Gasteiger partial charge in [0.2, 0.25) is 5.91 Å². The van der Waals surface area contributed by atoms with Gasteiger partial charge in [0.25, 0.3) is 0 Å². The molecule has 0 saturated heterocycles. The van der Waals surface area contributed by atoms with E-state index in [0.717, 1.165) is 17.7 Å². The monoisotopic (exact) mass is 274 g/mol. The van der Waals surface area contributed by atoms with Crippen molar-refractivity contribution in [2.24, 2.45) is 11.1 Å². The van der Waals surface area contributed by atoms with E-state index in [4.69, 9.17) is 4.84 Å². The van der Waals surface area contributed by atoms with Crippen LogP contribution in [0.2, 0.25) is 0 Å². The predicted octanol–water partition coefficient (Wildman–Crippen LogP) is 2.60. The lowest BCUT2D eigenvalue weighted by Crippen LogP contribution is -2.36. The first-order valence-electron chi connectivity index (χ1n) is 7.02. The highest BCUT2D eigenvalue weighted by atomic mass is 16.6. The number of carbonyl (C=O) groups excluding carboxylic acids is 1. The van der Waals surface area contributed by atoms with Gasteiger partial charge < -0.3 is 9.74 Å². The molecule has 0 saturated carbocycles. The van der Waals surface area contributed by atoms with Gasteiger partial charge in [0.1, 0.15) is 0 Å². The molecule has 1 atom stereocenters. The number of rotatable bonds is 4. The zero-order chi connectivity index (χ0) is 14.7. The Labute approximate surface area is 120 Å². The summed E-state index contributed by atoms with van der Waals surface area (Å²) in [5.41, 5.74) is 3.30. The number of benzene rings is 1. The Kier molecular flexibility index (Phi) is 4.42. The molecule has 0 spiro atoms. The maximum absolute atomic E-state index is 11.9. The summed E-state index contributed by atoms with van der Waals surface area (Å²) in [5, 5.41) is 4.18. The average Bonchev–Trinajstić information content (AvgIpc) is 2.86. The molecule has 1 aromatic rings. The Hall–Kier alpha value is -1.84. The number of hydrogen-bond donors (Lipinski definition) is 0. The Morgan fingerprint density at radius 2 is 2.15 bits per heavy atom. The van der Waals surface area contributed by atoms with E-state index in [9.17, 15) is 4.79 Å². The van der Waals surface area contributed by atoms with Crippen molar-refractivity contribution >= 4 is 11.6 Å². The molecule has 0 N–H and O–H groups in total. The fraction of sp³-hybridized carbons (Fsp3) is 0.500. The second kappa shape index (κ2) is 6.07. The van der Waals surface area contributed by atoms with Gasteiger partial charge in [-0.25, -0.2) is 0 Å². The lowest BCUT2D eigenvalue weighted by atomic mass is 10.0. The first kappa shape index (κ1) is 14.6. The summed E-state index contributed by atoms with van der Waals surface area (Å²) >= 11 is 0. The summed E-state index contributed by atoms with van der Waals surface area (Å²) in [6, 6.07) is 8.15. The van der Waals surface area contributed by atoms with Crippen molar-refractivity contribution in [1.29, 1.82) is 0 Å². The normalized spacial score (nSPS) is 17.9. The lowest BCUT2D eigenvalue weighted by molar-refractivity contribution is -0.134. The van der Waals surface area contributed by atoms with Crippen LogP contribution >= 0.6 is 0 Å². The summed E-state index contributed by atoms with van der Waals surface area (Å²) in [5.74, 6) is 0.149. The zero-order valence-electron chi connectivity index (χ0n) is 12.6. The third-order valence-electron chi connectivity index (χ3n) is 3.54. The highest BCUT2D eigenvalue weighted by molar-refractivity contribution is 6.02. The molecule has 1 heterocycles. The van der Waals surface area contributed by atoms with E-state index in [2.05, 4.69) is 24.2 Å². The van der Waals surface area contributed by atoms with E-state index >= 15 is 0 Å². The molecule has 0 radical (unpaired) electrons. The van der Waals surface area contributed by atoms with Crippen LogP contribution in [0.3, 0.4) is 0 Å². The molecule has 0 fully saturated rings. The van der Waals surface area contributed by atoms with Crippen LogP contribution in [0.5, 0.6) is 0 Å². The number of oxime groups is 1. The SMILES string of the molecule is Cc1ccccc1C1=NOC(CN(C)C(=O)C(C)C)C1. The van der Waals surface area contributed by atoms with Crippen LogP contribution in [0.25, 0.3) is 0 Å². The van der Waals surface area contributed by atoms with Crippen molar-refractivity contribution in [3.05, 3.63) is 35.4 Å². The first-order chi connectivity index (χ1) is 9.49. The van der Waals surface area contributed by atoms with Crippen LogP contribution in [0, 0.1) is 12.8 Å². The molecule has 20 heavy (non-hydrogen) atoms. The summed E-state index contributed by atoms with van der Waals surface area (Å²) in [6.07, 6.45) is 0.706. The van der Waals surface area contributed by atoms with Crippen LogP contribution in [0.1, 0.15) is 31.4 Å². The van der Waals surface area contributed by atoms with Gasteiger partial charge in [0.05, 0.1) is 12.3 Å². The maximum Gasteiger partial charge on any atom is 0.224 e. The number of amides is 1. The van der Waals surface area contributed by atoms with E-state index in [0.29, 0.717) is 6.54 Å². The molecule has 1 unspecified atom stereocenters. The van der Waals surface area contributed by atoms with Crippen LogP contribution < -0.4 is 0 Å². The molecular weight excluding hydrogens is 252 g/mol. The number of likely N-dealkylation sites (N-methyl/N-ethyl adjacent to an activating group) is 1. The van der Waals surface area contributed by atoms with Gasteiger partial charge in [-0.1, -0.05) is 43.3 Å². The molecule has 0 aliphatic carbocycles. The third kappa shape index (κ3) is 3.18. The van der Waals surface area contributed by atoms with Crippen molar-refractivity contribution in [3.63, 3.8) is 0 Å². The van der Waals surface area contributed by atoms with Gasteiger partial charge in [0, 0.05) is 24.9 Å². The number of carbonyl (C=O) groups is 1. The molecule has 0 bridgehead atoms. The molecule has 1 amide bonds. The van der Waals surface area contributed by atoms with Crippen molar-refractivity contribution < 1.29 is 9.63 Å². The van der Waals surface area contributed by atoms with E-state index in [1.54, 1.807) is 4.90 Å². The van der Waals surface area contributed by atoms with Gasteiger partial charge in [-0.05, 0) is 12.5 Å². The predicted molar refractivity (Wildman–Crippen MR) is 79.7 cm³/mol.